The van der Waals surface area contributed by atoms with Gasteiger partial charge in [-0.3, -0.25) is 4.79 Å². The molecule has 0 aliphatic carbocycles. The molecule has 1 atom stereocenters. The number of hydrogen-bond donors (Lipinski definition) is 1. The van der Waals surface area contributed by atoms with Crippen molar-refractivity contribution < 1.29 is 14.1 Å². The summed E-state index contributed by atoms with van der Waals surface area (Å²) in [6.45, 7) is 12.5. The van der Waals surface area contributed by atoms with Gasteiger partial charge in [0.05, 0.1) is 11.2 Å². The van der Waals surface area contributed by atoms with E-state index in [9.17, 15) is 4.79 Å². The molecule has 0 spiro atoms. The smallest absolute Gasteiger partial charge is 0.403 e. The van der Waals surface area contributed by atoms with Crippen LogP contribution in [0.3, 0.4) is 0 Å². The Morgan fingerprint density at radius 1 is 1.11 bits per heavy atom. The van der Waals surface area contributed by atoms with E-state index < -0.39 is 0 Å². The lowest BCUT2D eigenvalue weighted by Gasteiger charge is -2.32. The summed E-state index contributed by atoms with van der Waals surface area (Å²) in [6, 6.07) is 9.19. The van der Waals surface area contributed by atoms with E-state index in [4.69, 9.17) is 9.31 Å². The van der Waals surface area contributed by atoms with Gasteiger partial charge in [-0.25, -0.2) is 0 Å². The zero-order valence-electron chi connectivity index (χ0n) is 17.4. The maximum absolute atomic E-state index is 12.3. The molecule has 1 amide bonds. The van der Waals surface area contributed by atoms with Crippen molar-refractivity contribution in [1.82, 2.24) is 5.32 Å². The molecule has 1 heterocycles. The van der Waals surface area contributed by atoms with Crippen LogP contribution in [0.25, 0.3) is 0 Å². The van der Waals surface area contributed by atoms with Crippen molar-refractivity contribution in [2.24, 2.45) is 0 Å². The predicted molar refractivity (Wildman–Crippen MR) is 112 cm³/mol. The van der Waals surface area contributed by atoms with E-state index in [1.807, 2.05) is 24.3 Å². The standard InChI is InChI=1S/C22H32BNO3/c1-7-12-17(8-2)19(23-26-21(3,4)22(5,6)27-23)15-16-24-20(25)18-13-10-9-11-14-18/h9-16,19H,7-8H2,1-6H3,(H,24,25)/b16-15+,17-12+. The number of carbonyl (C=O) groups is 1. The number of nitrogens with one attached hydrogen (secondary N) is 1. The van der Waals surface area contributed by atoms with Crippen LogP contribution in [0, 0.1) is 0 Å². The first-order valence-electron chi connectivity index (χ1n) is 9.79. The zero-order chi connectivity index (χ0) is 20.1. The maximum atomic E-state index is 12.3. The van der Waals surface area contributed by atoms with Crippen molar-refractivity contribution in [3.63, 3.8) is 0 Å². The van der Waals surface area contributed by atoms with Gasteiger partial charge in [0.1, 0.15) is 0 Å². The second-order valence-electron chi connectivity index (χ2n) is 7.89. The fourth-order valence-electron chi connectivity index (χ4n) is 3.10. The number of amides is 1. The lowest BCUT2D eigenvalue weighted by Crippen LogP contribution is -2.41. The highest BCUT2D eigenvalue weighted by atomic mass is 16.7. The Morgan fingerprint density at radius 3 is 2.22 bits per heavy atom. The van der Waals surface area contributed by atoms with Crippen molar-refractivity contribution in [2.45, 2.75) is 71.4 Å². The fraction of sp³-hybridized carbons (Fsp3) is 0.500. The first-order valence-corrected chi connectivity index (χ1v) is 9.79. The third-order valence-electron chi connectivity index (χ3n) is 5.42. The fourth-order valence-corrected chi connectivity index (χ4v) is 3.10. The Morgan fingerprint density at radius 2 is 1.70 bits per heavy atom. The van der Waals surface area contributed by atoms with Crippen molar-refractivity contribution in [3.8, 4) is 0 Å². The molecule has 146 valence electrons. The summed E-state index contributed by atoms with van der Waals surface area (Å²) in [4.78, 5) is 12.3. The van der Waals surface area contributed by atoms with E-state index in [1.165, 1.54) is 5.57 Å². The molecule has 1 aliphatic rings. The molecule has 27 heavy (non-hydrogen) atoms. The van der Waals surface area contributed by atoms with Crippen molar-refractivity contribution in [3.05, 3.63) is 59.8 Å². The minimum atomic E-state index is -0.387. The second kappa shape index (κ2) is 8.90. The summed E-state index contributed by atoms with van der Waals surface area (Å²) >= 11 is 0. The van der Waals surface area contributed by atoms with Gasteiger partial charge < -0.3 is 14.6 Å². The second-order valence-corrected chi connectivity index (χ2v) is 7.89. The number of allylic oxidation sites excluding steroid dienone is 3. The summed E-state index contributed by atoms with van der Waals surface area (Å²) in [7, 11) is -0.377. The van der Waals surface area contributed by atoms with Gasteiger partial charge in [-0.1, -0.05) is 49.8 Å². The molecular weight excluding hydrogens is 337 g/mol. The summed E-state index contributed by atoms with van der Waals surface area (Å²) in [5, 5.41) is 2.86. The molecule has 0 radical (unpaired) electrons. The molecule has 1 aromatic rings. The van der Waals surface area contributed by atoms with E-state index in [1.54, 1.807) is 18.3 Å². The van der Waals surface area contributed by atoms with Gasteiger partial charge >= 0.3 is 7.12 Å². The van der Waals surface area contributed by atoms with Crippen molar-refractivity contribution in [1.29, 1.82) is 0 Å². The van der Waals surface area contributed by atoms with E-state index in [-0.39, 0.29) is 30.0 Å². The van der Waals surface area contributed by atoms with E-state index in [2.05, 4.69) is 52.9 Å². The minimum absolute atomic E-state index is 0.0490. The molecule has 1 saturated heterocycles. The van der Waals surface area contributed by atoms with Crippen LogP contribution in [0.2, 0.25) is 5.82 Å². The number of rotatable bonds is 7. The average Bonchev–Trinajstić information content (AvgIpc) is 2.85. The number of hydrogen-bond acceptors (Lipinski definition) is 3. The zero-order valence-corrected chi connectivity index (χ0v) is 17.4. The number of benzene rings is 1. The van der Waals surface area contributed by atoms with Gasteiger partial charge in [-0.05, 0) is 52.7 Å². The molecule has 1 aromatic carbocycles. The average molecular weight is 369 g/mol. The van der Waals surface area contributed by atoms with Gasteiger partial charge in [0.25, 0.3) is 5.91 Å². The summed E-state index contributed by atoms with van der Waals surface area (Å²) in [5.41, 5.74) is 1.11. The Bertz CT molecular complexity index is 679. The van der Waals surface area contributed by atoms with Crippen LogP contribution in [0.15, 0.2) is 54.3 Å². The largest absolute Gasteiger partial charge is 0.469 e. The summed E-state index contributed by atoms with van der Waals surface area (Å²) < 4.78 is 12.5. The van der Waals surface area contributed by atoms with Gasteiger partial charge in [0.2, 0.25) is 0 Å². The first kappa shape index (κ1) is 21.5. The lowest BCUT2D eigenvalue weighted by atomic mass is 9.66. The predicted octanol–water partition coefficient (Wildman–Crippen LogP) is 5.14. The molecule has 0 saturated carbocycles. The third-order valence-corrected chi connectivity index (χ3v) is 5.42. The Kier molecular flexibility index (Phi) is 7.07. The molecule has 1 unspecified atom stereocenters. The van der Waals surface area contributed by atoms with E-state index in [0.29, 0.717) is 5.56 Å². The van der Waals surface area contributed by atoms with Crippen LogP contribution < -0.4 is 5.32 Å². The van der Waals surface area contributed by atoms with E-state index >= 15 is 0 Å². The van der Waals surface area contributed by atoms with Crippen LogP contribution in [-0.2, 0) is 9.31 Å². The van der Waals surface area contributed by atoms with Crippen LogP contribution in [0.4, 0.5) is 0 Å². The highest BCUT2D eigenvalue weighted by Crippen LogP contribution is 2.42. The van der Waals surface area contributed by atoms with Crippen LogP contribution in [-0.4, -0.2) is 24.2 Å². The summed E-state index contributed by atoms with van der Waals surface area (Å²) in [6.07, 6.45) is 7.76. The Labute approximate surface area is 164 Å². The van der Waals surface area contributed by atoms with Gasteiger partial charge in [0.15, 0.2) is 0 Å². The quantitative estimate of drug-likeness (QED) is 0.535. The number of carbonyl (C=O) groups excluding carboxylic acids is 1. The van der Waals surface area contributed by atoms with Crippen molar-refractivity contribution in [2.75, 3.05) is 0 Å². The first-order chi connectivity index (χ1) is 12.7. The molecule has 1 fully saturated rings. The minimum Gasteiger partial charge on any atom is -0.403 e. The topological polar surface area (TPSA) is 47.6 Å². The van der Waals surface area contributed by atoms with Crippen molar-refractivity contribution >= 4 is 13.0 Å². The monoisotopic (exact) mass is 369 g/mol. The Hall–Kier alpha value is -1.85. The van der Waals surface area contributed by atoms with Gasteiger partial charge in [0, 0.05) is 17.6 Å². The molecule has 4 nitrogen and oxygen atoms in total. The van der Waals surface area contributed by atoms with Crippen LogP contribution in [0.5, 0.6) is 0 Å². The molecule has 0 aromatic heterocycles. The van der Waals surface area contributed by atoms with Crippen LogP contribution in [0.1, 0.15) is 64.7 Å². The Balaban J connectivity index is 2.19. The van der Waals surface area contributed by atoms with Gasteiger partial charge in [-0.2, -0.15) is 0 Å². The van der Waals surface area contributed by atoms with Gasteiger partial charge in [-0.15, -0.1) is 0 Å². The maximum Gasteiger partial charge on any atom is 0.469 e. The summed E-state index contributed by atoms with van der Waals surface area (Å²) in [5.74, 6) is -0.177. The molecule has 2 rings (SSSR count). The lowest BCUT2D eigenvalue weighted by molar-refractivity contribution is 0.00578. The third kappa shape index (κ3) is 5.11. The molecule has 1 N–H and O–H groups in total. The van der Waals surface area contributed by atoms with Crippen LogP contribution >= 0.6 is 0 Å². The highest BCUT2D eigenvalue weighted by molar-refractivity contribution is 6.49. The normalized spacial score (nSPS) is 20.1. The molecule has 0 bridgehead atoms. The SMILES string of the molecule is CC/C=C(\CC)C(/C=C/NC(=O)c1ccccc1)B1OC(C)(C)C(C)(C)O1. The van der Waals surface area contributed by atoms with E-state index in [0.717, 1.165) is 12.8 Å². The molecular formula is C22H32BNO3. The highest BCUT2D eigenvalue weighted by Gasteiger charge is 2.53. The molecule has 1 aliphatic heterocycles. The molecule has 5 heteroatoms.